The highest BCUT2D eigenvalue weighted by Crippen LogP contribution is 2.30. The minimum absolute atomic E-state index is 0.0616. The van der Waals surface area contributed by atoms with Crippen LogP contribution < -0.4 is 4.72 Å². The highest BCUT2D eigenvalue weighted by atomic mass is 35.5. The van der Waals surface area contributed by atoms with Crippen LogP contribution in [0.1, 0.15) is 15.9 Å². The van der Waals surface area contributed by atoms with Gasteiger partial charge in [-0.15, -0.1) is 11.3 Å². The minimum Gasteiger partial charge on any atom is -0.345 e. The average molecular weight is 505 g/mol. The zero-order valence-electron chi connectivity index (χ0n) is 16.3. The number of nitrogens with zero attached hydrogens (tertiary/aromatic N) is 2. The molecule has 2 aromatic carbocycles. The number of rotatable bonds is 5. The molecule has 0 aliphatic rings. The van der Waals surface area contributed by atoms with Crippen molar-refractivity contribution < 1.29 is 22.0 Å². The third-order valence-electron chi connectivity index (χ3n) is 4.92. The maximum absolute atomic E-state index is 15.3. The Morgan fingerprint density at radius 1 is 1.12 bits per heavy atom. The van der Waals surface area contributed by atoms with Gasteiger partial charge in [0.2, 0.25) is 5.78 Å². The molecule has 0 saturated carbocycles. The minimum atomic E-state index is -4.23. The first kappa shape index (κ1) is 21.4. The van der Waals surface area contributed by atoms with E-state index in [0.717, 1.165) is 12.1 Å². The fraction of sp³-hybridized carbons (Fsp3) is 0. The van der Waals surface area contributed by atoms with Gasteiger partial charge in [-0.25, -0.2) is 27.2 Å². The van der Waals surface area contributed by atoms with Gasteiger partial charge in [-0.2, -0.15) is 0 Å². The van der Waals surface area contributed by atoms with E-state index in [1.807, 2.05) is 0 Å². The normalized spacial score (nSPS) is 11.8. The monoisotopic (exact) mass is 504 g/mol. The molecule has 5 rings (SSSR count). The summed E-state index contributed by atoms with van der Waals surface area (Å²) in [5, 5.41) is 0.506. The summed E-state index contributed by atoms with van der Waals surface area (Å²) in [5.41, 5.74) is 0.953. The first-order chi connectivity index (χ1) is 15.7. The molecule has 0 saturated heterocycles. The maximum atomic E-state index is 15.3. The van der Waals surface area contributed by atoms with Gasteiger partial charge in [0, 0.05) is 23.3 Å². The lowest BCUT2D eigenvalue weighted by molar-refractivity contribution is 0.103. The lowest BCUT2D eigenvalue weighted by atomic mass is 10.0. The molecule has 0 fully saturated rings. The van der Waals surface area contributed by atoms with Crippen molar-refractivity contribution in [3.63, 3.8) is 0 Å². The van der Waals surface area contributed by atoms with E-state index in [1.165, 1.54) is 48.0 Å². The molecular formula is C21H11ClF2N4O3S2. The number of aromatic amines is 1. The Morgan fingerprint density at radius 2 is 1.94 bits per heavy atom. The van der Waals surface area contributed by atoms with E-state index in [9.17, 15) is 17.6 Å². The number of thiazole rings is 1. The number of anilines is 1. The van der Waals surface area contributed by atoms with Gasteiger partial charge >= 0.3 is 0 Å². The van der Waals surface area contributed by atoms with Crippen LogP contribution in [0.4, 0.5) is 14.5 Å². The van der Waals surface area contributed by atoms with Crippen molar-refractivity contribution in [3.8, 4) is 0 Å². The summed E-state index contributed by atoms with van der Waals surface area (Å²) in [6.45, 7) is 0. The lowest BCUT2D eigenvalue weighted by Crippen LogP contribution is -2.16. The molecule has 0 aliphatic carbocycles. The molecule has 0 spiro atoms. The van der Waals surface area contributed by atoms with Gasteiger partial charge in [0.25, 0.3) is 10.0 Å². The van der Waals surface area contributed by atoms with Crippen molar-refractivity contribution in [2.45, 2.75) is 4.90 Å². The standard InChI is InChI=1S/C21H11ClF2N4O3S2/c22-10-5-12-13(8-26-21(12)25-7-10)20(29)18-14(23)2-4-16(19(18)24)28-33(30,31)11-1-3-15-17(6-11)32-9-27-15/h1-9,28H,(H,25,26). The fourth-order valence-electron chi connectivity index (χ4n) is 3.35. The van der Waals surface area contributed by atoms with Gasteiger partial charge < -0.3 is 4.98 Å². The largest absolute Gasteiger partial charge is 0.345 e. The fourth-order valence-corrected chi connectivity index (χ4v) is 5.38. The molecule has 33 heavy (non-hydrogen) atoms. The number of halogens is 3. The van der Waals surface area contributed by atoms with Crippen molar-refractivity contribution in [1.82, 2.24) is 15.0 Å². The van der Waals surface area contributed by atoms with Gasteiger partial charge in [0.15, 0.2) is 5.82 Å². The SMILES string of the molecule is O=C(c1c(F)ccc(NS(=O)(=O)c2ccc3ncsc3c2)c1F)c1c[nH]c2ncc(Cl)cc12. The Morgan fingerprint density at radius 3 is 2.76 bits per heavy atom. The van der Waals surface area contributed by atoms with Crippen LogP contribution in [0.15, 0.2) is 59.2 Å². The van der Waals surface area contributed by atoms with Crippen molar-refractivity contribution in [2.24, 2.45) is 0 Å². The summed E-state index contributed by atoms with van der Waals surface area (Å²) in [5.74, 6) is -3.48. The zero-order chi connectivity index (χ0) is 23.3. The Bertz CT molecular complexity index is 1680. The number of benzene rings is 2. The predicted molar refractivity (Wildman–Crippen MR) is 121 cm³/mol. The van der Waals surface area contributed by atoms with Crippen LogP contribution in [0.5, 0.6) is 0 Å². The molecule has 3 heterocycles. The van der Waals surface area contributed by atoms with Gasteiger partial charge in [0.05, 0.1) is 36.9 Å². The number of nitrogens with one attached hydrogen (secondary N) is 2. The number of carbonyl (C=O) groups is 1. The van der Waals surface area contributed by atoms with Crippen LogP contribution in [-0.2, 0) is 10.0 Å². The van der Waals surface area contributed by atoms with Crippen molar-refractivity contribution in [3.05, 3.63) is 82.1 Å². The first-order valence-electron chi connectivity index (χ1n) is 9.26. The molecule has 5 aromatic rings. The molecule has 7 nitrogen and oxygen atoms in total. The summed E-state index contributed by atoms with van der Waals surface area (Å²) in [4.78, 5) is 23.7. The molecule has 0 bridgehead atoms. The smallest absolute Gasteiger partial charge is 0.262 e. The topological polar surface area (TPSA) is 105 Å². The zero-order valence-corrected chi connectivity index (χ0v) is 18.7. The van der Waals surface area contributed by atoms with E-state index in [-0.39, 0.29) is 20.9 Å². The first-order valence-corrected chi connectivity index (χ1v) is 12.0. The molecular weight excluding hydrogens is 494 g/mol. The second-order valence-electron chi connectivity index (χ2n) is 6.95. The molecule has 12 heteroatoms. The number of hydrogen-bond acceptors (Lipinski definition) is 6. The Kier molecular flexibility index (Phi) is 5.11. The summed E-state index contributed by atoms with van der Waals surface area (Å²) in [7, 11) is -4.23. The summed E-state index contributed by atoms with van der Waals surface area (Å²) >= 11 is 7.18. The highest BCUT2D eigenvalue weighted by Gasteiger charge is 2.26. The average Bonchev–Trinajstić information content (AvgIpc) is 3.41. The Labute approximate surface area is 194 Å². The van der Waals surface area contributed by atoms with E-state index >= 15 is 4.39 Å². The molecule has 0 atom stereocenters. The molecule has 0 unspecified atom stereocenters. The predicted octanol–water partition coefficient (Wildman–Crippen LogP) is 5.14. The van der Waals surface area contributed by atoms with Crippen LogP contribution in [0.2, 0.25) is 5.02 Å². The van der Waals surface area contributed by atoms with E-state index in [1.54, 1.807) is 5.51 Å². The Hall–Kier alpha value is -3.41. The van der Waals surface area contributed by atoms with Crippen molar-refractivity contribution >= 4 is 65.7 Å². The summed E-state index contributed by atoms with van der Waals surface area (Å²) < 4.78 is 58.2. The molecule has 3 aromatic heterocycles. The number of fused-ring (bicyclic) bond motifs is 2. The van der Waals surface area contributed by atoms with Gasteiger partial charge in [-0.3, -0.25) is 9.52 Å². The summed E-state index contributed by atoms with van der Waals surface area (Å²) in [6, 6.07) is 7.41. The number of ketones is 1. The third kappa shape index (κ3) is 3.73. The van der Waals surface area contributed by atoms with E-state index in [4.69, 9.17) is 11.6 Å². The molecule has 0 amide bonds. The van der Waals surface area contributed by atoms with Crippen molar-refractivity contribution in [2.75, 3.05) is 4.72 Å². The van der Waals surface area contributed by atoms with Crippen molar-refractivity contribution in [1.29, 1.82) is 0 Å². The molecule has 0 radical (unpaired) electrons. The van der Waals surface area contributed by atoms with E-state index in [0.29, 0.717) is 15.9 Å². The second kappa shape index (κ2) is 7.87. The third-order valence-corrected chi connectivity index (χ3v) is 7.28. The summed E-state index contributed by atoms with van der Waals surface area (Å²) in [6.07, 6.45) is 2.62. The van der Waals surface area contributed by atoms with Crippen LogP contribution in [0.25, 0.3) is 21.3 Å². The van der Waals surface area contributed by atoms with E-state index in [2.05, 4.69) is 19.7 Å². The van der Waals surface area contributed by atoms with Crippen LogP contribution in [0.3, 0.4) is 0 Å². The van der Waals surface area contributed by atoms with Gasteiger partial charge in [-0.05, 0) is 36.4 Å². The number of pyridine rings is 1. The van der Waals surface area contributed by atoms with Crippen LogP contribution >= 0.6 is 22.9 Å². The van der Waals surface area contributed by atoms with Gasteiger partial charge in [0.1, 0.15) is 11.5 Å². The molecule has 166 valence electrons. The van der Waals surface area contributed by atoms with Gasteiger partial charge in [-0.1, -0.05) is 11.6 Å². The number of hydrogen-bond donors (Lipinski definition) is 2. The quantitative estimate of drug-likeness (QED) is 0.323. The Balaban J connectivity index is 1.55. The lowest BCUT2D eigenvalue weighted by Gasteiger charge is -2.12. The number of carbonyl (C=O) groups excluding carboxylic acids is 1. The maximum Gasteiger partial charge on any atom is 0.262 e. The number of sulfonamides is 1. The number of aromatic nitrogens is 3. The van der Waals surface area contributed by atoms with Crippen LogP contribution in [0, 0.1) is 11.6 Å². The molecule has 2 N–H and O–H groups in total. The number of H-pyrrole nitrogens is 1. The molecule has 0 aliphatic heterocycles. The second-order valence-corrected chi connectivity index (χ2v) is 9.96. The van der Waals surface area contributed by atoms with E-state index < -0.39 is 38.7 Å². The highest BCUT2D eigenvalue weighted by molar-refractivity contribution is 7.92. The van der Waals surface area contributed by atoms with Crippen LogP contribution in [-0.4, -0.2) is 29.2 Å².